The summed E-state index contributed by atoms with van der Waals surface area (Å²) in [5, 5.41) is 0. The summed E-state index contributed by atoms with van der Waals surface area (Å²) in [6, 6.07) is 2.07. The van der Waals surface area contributed by atoms with E-state index in [2.05, 4.69) is 22.9 Å². The zero-order chi connectivity index (χ0) is 14.7. The number of carbonyl (C=O) groups is 1. The Kier molecular flexibility index (Phi) is 4.39. The second-order valence-corrected chi connectivity index (χ2v) is 5.86. The van der Waals surface area contributed by atoms with Crippen molar-refractivity contribution >= 4 is 11.6 Å². The van der Waals surface area contributed by atoms with Gasteiger partial charge in [-0.05, 0) is 31.4 Å². The van der Waals surface area contributed by atoms with Crippen LogP contribution in [0.4, 0.5) is 5.69 Å². The van der Waals surface area contributed by atoms with Crippen LogP contribution in [0.5, 0.6) is 0 Å². The highest BCUT2D eigenvalue weighted by atomic mass is 16.5. The van der Waals surface area contributed by atoms with Gasteiger partial charge in [-0.3, -0.25) is 9.78 Å². The number of piperidine rings is 1. The third-order valence-electron chi connectivity index (χ3n) is 4.50. The fraction of sp³-hybridized carbons (Fsp3) is 0.625. The van der Waals surface area contributed by atoms with E-state index in [1.807, 2.05) is 17.3 Å². The number of amides is 1. The SMILES string of the molecule is Cc1cnccc1N1CCC(C(=O)N2CCOCC2)CC1. The monoisotopic (exact) mass is 289 g/mol. The van der Waals surface area contributed by atoms with E-state index in [0.29, 0.717) is 19.1 Å². The van der Waals surface area contributed by atoms with Crippen molar-refractivity contribution in [2.24, 2.45) is 5.92 Å². The van der Waals surface area contributed by atoms with Gasteiger partial charge in [0.15, 0.2) is 0 Å². The topological polar surface area (TPSA) is 45.7 Å². The van der Waals surface area contributed by atoms with Crippen LogP contribution in [0.15, 0.2) is 18.5 Å². The van der Waals surface area contributed by atoms with E-state index in [-0.39, 0.29) is 5.92 Å². The molecule has 0 bridgehead atoms. The average molecular weight is 289 g/mol. The van der Waals surface area contributed by atoms with E-state index in [0.717, 1.165) is 39.0 Å². The van der Waals surface area contributed by atoms with Crippen molar-refractivity contribution < 1.29 is 9.53 Å². The number of aromatic nitrogens is 1. The van der Waals surface area contributed by atoms with E-state index in [4.69, 9.17) is 4.74 Å². The molecule has 2 aliphatic rings. The third-order valence-corrected chi connectivity index (χ3v) is 4.50. The first-order chi connectivity index (χ1) is 10.3. The van der Waals surface area contributed by atoms with Crippen LogP contribution in [0.3, 0.4) is 0 Å². The number of anilines is 1. The highest BCUT2D eigenvalue weighted by molar-refractivity contribution is 5.79. The molecule has 5 heteroatoms. The van der Waals surface area contributed by atoms with Gasteiger partial charge in [0.2, 0.25) is 5.91 Å². The largest absolute Gasteiger partial charge is 0.378 e. The fourth-order valence-electron chi connectivity index (χ4n) is 3.23. The summed E-state index contributed by atoms with van der Waals surface area (Å²) >= 11 is 0. The predicted molar refractivity (Wildman–Crippen MR) is 81.3 cm³/mol. The molecule has 2 saturated heterocycles. The molecule has 2 aliphatic heterocycles. The average Bonchev–Trinajstić information content (AvgIpc) is 2.56. The molecule has 0 N–H and O–H groups in total. The Balaban J connectivity index is 1.57. The molecule has 1 aromatic rings. The van der Waals surface area contributed by atoms with Crippen LogP contribution in [0.1, 0.15) is 18.4 Å². The molecule has 0 atom stereocenters. The number of aryl methyl sites for hydroxylation is 1. The van der Waals surface area contributed by atoms with Gasteiger partial charge in [-0.2, -0.15) is 0 Å². The second-order valence-electron chi connectivity index (χ2n) is 5.86. The lowest BCUT2D eigenvalue weighted by Gasteiger charge is -2.36. The molecule has 3 heterocycles. The van der Waals surface area contributed by atoms with Crippen LogP contribution in [0.2, 0.25) is 0 Å². The molecule has 0 aromatic carbocycles. The molecular weight excluding hydrogens is 266 g/mol. The van der Waals surface area contributed by atoms with Gasteiger partial charge in [-0.25, -0.2) is 0 Å². The van der Waals surface area contributed by atoms with E-state index < -0.39 is 0 Å². The Hall–Kier alpha value is -1.62. The molecule has 3 rings (SSSR count). The normalized spacial score (nSPS) is 20.6. The summed E-state index contributed by atoms with van der Waals surface area (Å²) in [6.07, 6.45) is 5.63. The smallest absolute Gasteiger partial charge is 0.225 e. The van der Waals surface area contributed by atoms with Crippen molar-refractivity contribution in [2.45, 2.75) is 19.8 Å². The maximum atomic E-state index is 12.5. The molecule has 0 spiro atoms. The van der Waals surface area contributed by atoms with Gasteiger partial charge in [0.1, 0.15) is 0 Å². The lowest BCUT2D eigenvalue weighted by atomic mass is 9.94. The highest BCUT2D eigenvalue weighted by Gasteiger charge is 2.29. The first-order valence-corrected chi connectivity index (χ1v) is 7.78. The van der Waals surface area contributed by atoms with Crippen LogP contribution >= 0.6 is 0 Å². The molecular formula is C16H23N3O2. The van der Waals surface area contributed by atoms with Crippen molar-refractivity contribution in [3.63, 3.8) is 0 Å². The molecule has 0 unspecified atom stereocenters. The number of hydrogen-bond acceptors (Lipinski definition) is 4. The zero-order valence-corrected chi connectivity index (χ0v) is 12.6. The maximum absolute atomic E-state index is 12.5. The minimum absolute atomic E-state index is 0.182. The van der Waals surface area contributed by atoms with Gasteiger partial charge >= 0.3 is 0 Å². The van der Waals surface area contributed by atoms with Crippen LogP contribution in [-0.2, 0) is 9.53 Å². The lowest BCUT2D eigenvalue weighted by Crippen LogP contribution is -2.46. The zero-order valence-electron chi connectivity index (χ0n) is 12.6. The summed E-state index contributed by atoms with van der Waals surface area (Å²) in [5.74, 6) is 0.505. The van der Waals surface area contributed by atoms with Gasteiger partial charge in [0.05, 0.1) is 13.2 Å². The fourth-order valence-corrected chi connectivity index (χ4v) is 3.23. The number of ether oxygens (including phenoxy) is 1. The molecule has 2 fully saturated rings. The number of rotatable bonds is 2. The third kappa shape index (κ3) is 3.18. The molecule has 21 heavy (non-hydrogen) atoms. The van der Waals surface area contributed by atoms with E-state index >= 15 is 0 Å². The molecule has 0 radical (unpaired) electrons. The summed E-state index contributed by atoms with van der Waals surface area (Å²) in [5.41, 5.74) is 2.46. The van der Waals surface area contributed by atoms with Gasteiger partial charge < -0.3 is 14.5 Å². The number of hydrogen-bond donors (Lipinski definition) is 0. The van der Waals surface area contributed by atoms with Crippen molar-refractivity contribution in [2.75, 3.05) is 44.3 Å². The summed E-state index contributed by atoms with van der Waals surface area (Å²) < 4.78 is 5.32. The standard InChI is InChI=1S/C16H23N3O2/c1-13-12-17-5-2-15(13)18-6-3-14(4-7-18)16(20)19-8-10-21-11-9-19/h2,5,12,14H,3-4,6-11H2,1H3. The van der Waals surface area contributed by atoms with Crippen LogP contribution in [0, 0.1) is 12.8 Å². The molecule has 5 nitrogen and oxygen atoms in total. The molecule has 0 saturated carbocycles. The van der Waals surface area contributed by atoms with E-state index in [9.17, 15) is 4.79 Å². The van der Waals surface area contributed by atoms with Crippen molar-refractivity contribution in [1.82, 2.24) is 9.88 Å². The molecule has 1 aromatic heterocycles. The predicted octanol–water partition coefficient (Wildman–Crippen LogP) is 1.47. The van der Waals surface area contributed by atoms with Gasteiger partial charge in [-0.15, -0.1) is 0 Å². The minimum atomic E-state index is 0.182. The Morgan fingerprint density at radius 2 is 1.95 bits per heavy atom. The Labute approximate surface area is 125 Å². The highest BCUT2D eigenvalue weighted by Crippen LogP contribution is 2.26. The van der Waals surface area contributed by atoms with E-state index in [1.165, 1.54) is 11.3 Å². The number of morpholine rings is 1. The summed E-state index contributed by atoms with van der Waals surface area (Å²) in [7, 11) is 0. The minimum Gasteiger partial charge on any atom is -0.378 e. The van der Waals surface area contributed by atoms with Crippen LogP contribution in [0.25, 0.3) is 0 Å². The molecule has 114 valence electrons. The Morgan fingerprint density at radius 1 is 1.24 bits per heavy atom. The first-order valence-electron chi connectivity index (χ1n) is 7.78. The number of pyridine rings is 1. The van der Waals surface area contributed by atoms with Gasteiger partial charge in [-0.1, -0.05) is 0 Å². The second kappa shape index (κ2) is 6.43. The maximum Gasteiger partial charge on any atom is 0.225 e. The van der Waals surface area contributed by atoms with Crippen molar-refractivity contribution in [3.8, 4) is 0 Å². The van der Waals surface area contributed by atoms with Crippen LogP contribution in [-0.4, -0.2) is 55.2 Å². The summed E-state index contributed by atoms with van der Waals surface area (Å²) in [6.45, 7) is 6.86. The first kappa shape index (κ1) is 14.3. The van der Waals surface area contributed by atoms with Crippen molar-refractivity contribution in [1.29, 1.82) is 0 Å². The lowest BCUT2D eigenvalue weighted by molar-refractivity contribution is -0.140. The Morgan fingerprint density at radius 3 is 2.62 bits per heavy atom. The van der Waals surface area contributed by atoms with Crippen molar-refractivity contribution in [3.05, 3.63) is 24.0 Å². The van der Waals surface area contributed by atoms with E-state index in [1.54, 1.807) is 0 Å². The molecule has 1 amide bonds. The van der Waals surface area contributed by atoms with Gasteiger partial charge in [0, 0.05) is 50.2 Å². The van der Waals surface area contributed by atoms with Crippen LogP contribution < -0.4 is 4.90 Å². The number of carbonyl (C=O) groups excluding carboxylic acids is 1. The quantitative estimate of drug-likeness (QED) is 0.827. The summed E-state index contributed by atoms with van der Waals surface area (Å²) in [4.78, 5) is 21.0. The van der Waals surface area contributed by atoms with Gasteiger partial charge in [0.25, 0.3) is 0 Å². The Bertz CT molecular complexity index is 492. The molecule has 0 aliphatic carbocycles. The number of nitrogens with zero attached hydrogens (tertiary/aromatic N) is 3.